The number of carbonyl (C=O) groups is 2. The monoisotopic (exact) mass is 176 g/mol. The van der Waals surface area contributed by atoms with E-state index in [0.717, 1.165) is 0 Å². The molecule has 0 aromatic carbocycles. The minimum absolute atomic E-state index is 0.118. The predicted molar refractivity (Wildman–Crippen MR) is 45.4 cm³/mol. The van der Waals surface area contributed by atoms with Crippen molar-refractivity contribution in [1.82, 2.24) is 0 Å². The molecule has 1 amide bonds. The van der Waals surface area contributed by atoms with E-state index in [0.29, 0.717) is 12.8 Å². The summed E-state index contributed by atoms with van der Waals surface area (Å²) in [4.78, 5) is 20.0. The minimum Gasteiger partial charge on any atom is -0.481 e. The molecule has 12 heavy (non-hydrogen) atoms. The first kappa shape index (κ1) is 13.5. The minimum atomic E-state index is -0.829. The number of hydrogen-bond donors (Lipinski definition) is 3. The molecule has 5 N–H and O–H groups in total. The third kappa shape index (κ3) is 16.0. The number of primary amides is 1. The fraction of sp³-hybridized carbons (Fsp3) is 0.714. The summed E-state index contributed by atoms with van der Waals surface area (Å²) in [7, 11) is 1.50. The highest BCUT2D eigenvalue weighted by atomic mass is 16.4. The second kappa shape index (κ2) is 9.90. The van der Waals surface area contributed by atoms with Crippen molar-refractivity contribution >= 4 is 11.9 Å². The Balaban J connectivity index is 0. The number of nitrogens with two attached hydrogens (primary N) is 2. The molecule has 0 atom stereocenters. The first-order valence-corrected chi connectivity index (χ1v) is 3.70. The zero-order valence-electron chi connectivity index (χ0n) is 7.25. The van der Waals surface area contributed by atoms with E-state index in [1.165, 1.54) is 7.05 Å². The number of carboxylic acid groups (broad SMARTS) is 1. The van der Waals surface area contributed by atoms with Gasteiger partial charge in [-0.3, -0.25) is 9.59 Å². The fourth-order valence-electron chi connectivity index (χ4n) is 0.575. The van der Waals surface area contributed by atoms with E-state index in [1.807, 2.05) is 0 Å². The molecule has 0 rings (SSSR count). The average molecular weight is 176 g/mol. The second-order valence-electron chi connectivity index (χ2n) is 2.07. The number of unbranched alkanes of at least 4 members (excludes halogenated alkanes) is 1. The molecular weight excluding hydrogens is 160 g/mol. The van der Waals surface area contributed by atoms with Gasteiger partial charge in [0.05, 0.1) is 0 Å². The lowest BCUT2D eigenvalue weighted by Gasteiger charge is -1.92. The Bertz CT molecular complexity index is 121. The van der Waals surface area contributed by atoms with E-state index in [1.54, 1.807) is 0 Å². The van der Waals surface area contributed by atoms with Crippen LogP contribution in [-0.2, 0) is 9.59 Å². The van der Waals surface area contributed by atoms with Gasteiger partial charge < -0.3 is 16.6 Å². The van der Waals surface area contributed by atoms with Crippen LogP contribution in [0.2, 0.25) is 0 Å². The molecule has 0 aromatic rings. The number of amides is 1. The molecular formula is C7H16N2O3. The number of rotatable bonds is 5. The van der Waals surface area contributed by atoms with Crippen LogP contribution in [-0.4, -0.2) is 24.0 Å². The van der Waals surface area contributed by atoms with E-state index < -0.39 is 5.97 Å². The van der Waals surface area contributed by atoms with Gasteiger partial charge in [0.25, 0.3) is 0 Å². The molecule has 0 fully saturated rings. The largest absolute Gasteiger partial charge is 0.481 e. The van der Waals surface area contributed by atoms with Crippen LogP contribution in [0.1, 0.15) is 25.7 Å². The lowest BCUT2D eigenvalue weighted by atomic mass is 10.2. The van der Waals surface area contributed by atoms with Crippen LogP contribution in [0.15, 0.2) is 0 Å². The average Bonchev–Trinajstić information content (AvgIpc) is 2.02. The van der Waals surface area contributed by atoms with Crippen molar-refractivity contribution in [2.24, 2.45) is 11.5 Å². The maximum absolute atomic E-state index is 10.1. The van der Waals surface area contributed by atoms with Gasteiger partial charge >= 0.3 is 5.97 Å². The van der Waals surface area contributed by atoms with Gasteiger partial charge in [0, 0.05) is 12.8 Å². The lowest BCUT2D eigenvalue weighted by Crippen LogP contribution is -2.09. The van der Waals surface area contributed by atoms with Crippen molar-refractivity contribution in [3.63, 3.8) is 0 Å². The van der Waals surface area contributed by atoms with Crippen molar-refractivity contribution in [2.45, 2.75) is 25.7 Å². The normalized spacial score (nSPS) is 8.17. The van der Waals surface area contributed by atoms with Crippen molar-refractivity contribution in [3.8, 4) is 0 Å². The third-order valence-corrected chi connectivity index (χ3v) is 1.06. The van der Waals surface area contributed by atoms with E-state index in [2.05, 4.69) is 5.73 Å². The van der Waals surface area contributed by atoms with Gasteiger partial charge in [-0.15, -0.1) is 0 Å². The molecule has 0 radical (unpaired) electrons. The molecule has 5 heteroatoms. The van der Waals surface area contributed by atoms with Gasteiger partial charge in [0.15, 0.2) is 0 Å². The molecule has 0 saturated heterocycles. The molecule has 0 aliphatic carbocycles. The Kier molecular flexibility index (Phi) is 11.1. The van der Waals surface area contributed by atoms with Crippen LogP contribution in [0.3, 0.4) is 0 Å². The predicted octanol–water partition coefficient (Wildman–Crippen LogP) is -0.308. The summed E-state index contributed by atoms with van der Waals surface area (Å²) in [5.41, 5.74) is 9.32. The summed E-state index contributed by atoms with van der Waals surface area (Å²) < 4.78 is 0. The number of aliphatic carboxylic acids is 1. The van der Waals surface area contributed by atoms with Gasteiger partial charge in [0.1, 0.15) is 0 Å². The highest BCUT2D eigenvalue weighted by Crippen LogP contribution is 1.97. The van der Waals surface area contributed by atoms with E-state index in [9.17, 15) is 9.59 Å². The SMILES string of the molecule is CN.NC(=O)CCCCC(=O)O. The summed E-state index contributed by atoms with van der Waals surface area (Å²) in [6.07, 6.45) is 1.50. The molecule has 0 unspecified atom stereocenters. The zero-order valence-corrected chi connectivity index (χ0v) is 7.25. The summed E-state index contributed by atoms with van der Waals surface area (Å²) in [5.74, 6) is -1.20. The topological polar surface area (TPSA) is 106 Å². The van der Waals surface area contributed by atoms with Crippen LogP contribution < -0.4 is 11.5 Å². The molecule has 0 aliphatic heterocycles. The van der Waals surface area contributed by atoms with Gasteiger partial charge in [-0.2, -0.15) is 0 Å². The standard InChI is InChI=1S/C6H11NO3.CH5N/c7-5(8)3-1-2-4-6(9)10;1-2/h1-4H2,(H2,7,8)(H,9,10);2H2,1H3. The molecule has 0 saturated carbocycles. The number of hydrogen-bond acceptors (Lipinski definition) is 3. The van der Waals surface area contributed by atoms with E-state index in [-0.39, 0.29) is 18.7 Å². The van der Waals surface area contributed by atoms with Crippen LogP contribution >= 0.6 is 0 Å². The lowest BCUT2D eigenvalue weighted by molar-refractivity contribution is -0.137. The van der Waals surface area contributed by atoms with Crippen molar-refractivity contribution < 1.29 is 14.7 Å². The Labute approximate surface area is 71.7 Å². The highest BCUT2D eigenvalue weighted by molar-refractivity contribution is 5.73. The first-order chi connectivity index (χ1) is 5.63. The Hall–Kier alpha value is -1.10. The van der Waals surface area contributed by atoms with Crippen LogP contribution in [0.5, 0.6) is 0 Å². The smallest absolute Gasteiger partial charge is 0.303 e. The molecule has 0 aromatic heterocycles. The highest BCUT2D eigenvalue weighted by Gasteiger charge is 1.97. The van der Waals surface area contributed by atoms with Gasteiger partial charge in [-0.05, 0) is 19.9 Å². The molecule has 0 aliphatic rings. The van der Waals surface area contributed by atoms with Crippen LogP contribution in [0.4, 0.5) is 0 Å². The number of carboxylic acids is 1. The maximum atomic E-state index is 10.1. The van der Waals surface area contributed by atoms with Crippen molar-refractivity contribution in [3.05, 3.63) is 0 Å². The summed E-state index contributed by atoms with van der Waals surface area (Å²) in [6.45, 7) is 0. The first-order valence-electron chi connectivity index (χ1n) is 3.70. The molecule has 0 heterocycles. The molecule has 0 spiro atoms. The Morgan fingerprint density at radius 3 is 1.92 bits per heavy atom. The van der Waals surface area contributed by atoms with Gasteiger partial charge in [-0.1, -0.05) is 0 Å². The van der Waals surface area contributed by atoms with Crippen molar-refractivity contribution in [2.75, 3.05) is 7.05 Å². The van der Waals surface area contributed by atoms with Crippen LogP contribution in [0, 0.1) is 0 Å². The van der Waals surface area contributed by atoms with Gasteiger partial charge in [0.2, 0.25) is 5.91 Å². The Morgan fingerprint density at radius 1 is 1.17 bits per heavy atom. The summed E-state index contributed by atoms with van der Waals surface area (Å²) >= 11 is 0. The third-order valence-electron chi connectivity index (χ3n) is 1.06. The number of carbonyl (C=O) groups excluding carboxylic acids is 1. The van der Waals surface area contributed by atoms with Gasteiger partial charge in [-0.25, -0.2) is 0 Å². The van der Waals surface area contributed by atoms with E-state index in [4.69, 9.17) is 10.8 Å². The van der Waals surface area contributed by atoms with E-state index >= 15 is 0 Å². The van der Waals surface area contributed by atoms with Crippen molar-refractivity contribution in [1.29, 1.82) is 0 Å². The second-order valence-corrected chi connectivity index (χ2v) is 2.07. The summed E-state index contributed by atoms with van der Waals surface area (Å²) in [6, 6.07) is 0. The Morgan fingerprint density at radius 2 is 1.58 bits per heavy atom. The fourth-order valence-corrected chi connectivity index (χ4v) is 0.575. The maximum Gasteiger partial charge on any atom is 0.303 e. The molecule has 72 valence electrons. The zero-order chi connectivity index (χ0) is 9.98. The van der Waals surface area contributed by atoms with Crippen LogP contribution in [0.25, 0.3) is 0 Å². The molecule has 5 nitrogen and oxygen atoms in total. The molecule has 0 bridgehead atoms. The summed E-state index contributed by atoms with van der Waals surface area (Å²) in [5, 5.41) is 8.16. The quantitative estimate of drug-likeness (QED) is 0.499.